The molecule has 2 N–H and O–H groups in total. The maximum atomic E-state index is 14.6. The summed E-state index contributed by atoms with van der Waals surface area (Å²) in [6.07, 6.45) is 10.4. The van der Waals surface area contributed by atoms with Crippen LogP contribution in [0.3, 0.4) is 0 Å². The van der Waals surface area contributed by atoms with E-state index < -0.39 is 96.1 Å². The summed E-state index contributed by atoms with van der Waals surface area (Å²) in [5.74, 6) is -8.01. The summed E-state index contributed by atoms with van der Waals surface area (Å²) in [4.78, 5) is 90.1. The molecule has 82 heavy (non-hydrogen) atoms. The van der Waals surface area contributed by atoms with Crippen molar-refractivity contribution in [1.29, 1.82) is 0 Å². The zero-order valence-corrected chi connectivity index (χ0v) is 50.4. The van der Waals surface area contributed by atoms with Gasteiger partial charge < -0.3 is 62.6 Å². The van der Waals surface area contributed by atoms with Gasteiger partial charge in [0.25, 0.3) is 11.7 Å². The summed E-state index contributed by atoms with van der Waals surface area (Å²) in [6.45, 7) is 16.6. The number of carbonyl (C=O) groups excluding carboxylic acids is 6. The van der Waals surface area contributed by atoms with Crippen LogP contribution in [0.25, 0.3) is 0 Å². The molecule has 5 heterocycles. The quantitative estimate of drug-likeness (QED) is 0.0861. The molecule has 2 bridgehead atoms. The number of aliphatic hydroxyl groups is 2. The molecule has 0 spiro atoms. The predicted octanol–water partition coefficient (Wildman–Crippen LogP) is 6.13. The number of likely N-dealkylation sites (N-methyl/N-ethyl adjacent to an activating group) is 1. The largest absolute Gasteiger partial charge is 0.460 e. The van der Waals surface area contributed by atoms with Gasteiger partial charge in [-0.3, -0.25) is 24.1 Å². The van der Waals surface area contributed by atoms with Crippen molar-refractivity contribution >= 4 is 35.3 Å². The van der Waals surface area contributed by atoms with Crippen molar-refractivity contribution in [1.82, 2.24) is 14.7 Å². The average Bonchev–Trinajstić information content (AvgIpc) is 3.28. The van der Waals surface area contributed by atoms with E-state index in [1.54, 1.807) is 45.9 Å². The van der Waals surface area contributed by atoms with Crippen molar-refractivity contribution in [2.24, 2.45) is 29.6 Å². The number of hydrogen-bond donors (Lipinski definition) is 2. The van der Waals surface area contributed by atoms with E-state index in [0.717, 1.165) is 18.7 Å². The van der Waals surface area contributed by atoms with Crippen LogP contribution in [0, 0.1) is 29.6 Å². The van der Waals surface area contributed by atoms with Crippen LogP contribution in [0.4, 0.5) is 4.79 Å². The van der Waals surface area contributed by atoms with E-state index >= 15 is 0 Å². The highest BCUT2D eigenvalue weighted by molar-refractivity contribution is 6.39. The first kappa shape index (κ1) is 66.9. The van der Waals surface area contributed by atoms with Gasteiger partial charge in [0.05, 0.1) is 58.0 Å². The molecule has 6 rings (SSSR count). The number of allylic oxidation sites excluding steroid dienone is 6. The molecule has 20 nitrogen and oxygen atoms in total. The molecule has 0 unspecified atom stereocenters. The third-order valence-electron chi connectivity index (χ3n) is 17.6. The molecule has 4 saturated heterocycles. The van der Waals surface area contributed by atoms with Crippen LogP contribution in [-0.4, -0.2) is 215 Å². The molecule has 5 aliphatic heterocycles. The van der Waals surface area contributed by atoms with Crippen molar-refractivity contribution in [3.8, 4) is 0 Å². The van der Waals surface area contributed by atoms with Crippen molar-refractivity contribution in [3.63, 3.8) is 0 Å². The second-order valence-electron chi connectivity index (χ2n) is 23.9. The summed E-state index contributed by atoms with van der Waals surface area (Å²) in [7, 11) is 4.69. The van der Waals surface area contributed by atoms with Gasteiger partial charge in [0.2, 0.25) is 5.79 Å². The van der Waals surface area contributed by atoms with Gasteiger partial charge >= 0.3 is 12.1 Å². The number of ether oxygens (including phenoxy) is 9. The SMILES string of the molecule is CO[C@@H]1C[C@H](CC[C@@H]2CC(=O)[C@H](C)/C=C(\C)[C@@H](O)[C@@H](OC)C(=O)[C@H](C)C[C@H](C)/C=C/C=C/C=C(\C)[C@H](OCCOC3COC3)C[C@@H]3CC[C@@H](C)[C@@](O)(O3)C(=O)C(=O)N3CCCC[C@H]3C(=O)O2)CC[C@H]1OC(=O)N(C)CCN1CCOCC1. The number of fused-ring (bicyclic) bond motifs is 3. The minimum atomic E-state index is -2.49. The highest BCUT2D eigenvalue weighted by Crippen LogP contribution is 2.38. The molecule has 20 heteroatoms. The maximum absolute atomic E-state index is 14.6. The van der Waals surface area contributed by atoms with Gasteiger partial charge in [0.1, 0.15) is 42.3 Å². The predicted molar refractivity (Wildman–Crippen MR) is 304 cm³/mol. The Kier molecular flexibility index (Phi) is 26.8. The van der Waals surface area contributed by atoms with Crippen molar-refractivity contribution in [2.75, 3.05) is 93.6 Å². The molecule has 0 radical (unpaired) electrons. The number of cyclic esters (lactones) is 1. The lowest BCUT2D eigenvalue weighted by atomic mass is 9.81. The van der Waals surface area contributed by atoms with Gasteiger partial charge in [0.15, 0.2) is 5.78 Å². The van der Waals surface area contributed by atoms with Gasteiger partial charge in [-0.1, -0.05) is 64.2 Å². The number of nitrogens with zero attached hydrogens (tertiary/aromatic N) is 3. The first-order chi connectivity index (χ1) is 39.2. The minimum Gasteiger partial charge on any atom is -0.460 e. The highest BCUT2D eigenvalue weighted by Gasteiger charge is 2.53. The standard InChI is InChI=1S/C62H97N3O17/c1-40-15-11-10-12-16-41(2)53(79-32-31-78-49-38-77-39-49)37-48-21-18-45(6)62(73,82-48)58(69)59(70)65-24-14-13-17-50(65)60(71)80-47(36-51(66)42(3)34-44(5)56(68)57(75-9)55(67)43(4)33-40)22-19-46-20-23-52(54(35-46)74-8)81-61(72)63(7)25-26-64-27-29-76-30-28-64/h10-12,15-16,34,40,42-43,45-50,52-54,56-57,68,73H,13-14,17-33,35-39H2,1-9H3/b12-10+,15-11+,41-16+,44-34+/t40-,42-,43-,45-,46-,47-,48+,50+,52-,53-,54-,56-,57+,62-/m1/s1. The highest BCUT2D eigenvalue weighted by atomic mass is 16.6. The molecule has 5 fully saturated rings. The van der Waals surface area contributed by atoms with Gasteiger partial charge in [-0.15, -0.1) is 0 Å². The second-order valence-corrected chi connectivity index (χ2v) is 23.9. The monoisotopic (exact) mass is 1160 g/mol. The number of aliphatic hydroxyl groups excluding tert-OH is 1. The van der Waals surface area contributed by atoms with Crippen LogP contribution in [0.5, 0.6) is 0 Å². The van der Waals surface area contributed by atoms with Gasteiger partial charge in [-0.2, -0.15) is 0 Å². The third-order valence-corrected chi connectivity index (χ3v) is 17.6. The number of piperidine rings is 1. The van der Waals surface area contributed by atoms with Crippen molar-refractivity contribution in [3.05, 3.63) is 47.6 Å². The minimum absolute atomic E-state index is 0.00955. The van der Waals surface area contributed by atoms with Crippen molar-refractivity contribution < 1.29 is 81.6 Å². The molecule has 0 aromatic rings. The Morgan fingerprint density at radius 3 is 2.27 bits per heavy atom. The molecular formula is C62H97N3O17. The van der Waals surface area contributed by atoms with Crippen LogP contribution in [0.15, 0.2) is 47.6 Å². The Morgan fingerprint density at radius 1 is 0.817 bits per heavy atom. The van der Waals surface area contributed by atoms with Crippen LogP contribution < -0.4 is 0 Å². The molecule has 1 aliphatic carbocycles. The summed E-state index contributed by atoms with van der Waals surface area (Å²) in [5.41, 5.74) is 1.22. The number of methoxy groups -OCH3 is 2. The van der Waals surface area contributed by atoms with Gasteiger partial charge in [-0.05, 0) is 107 Å². The fraction of sp³-hybridized carbons (Fsp3) is 0.774. The van der Waals surface area contributed by atoms with E-state index in [2.05, 4.69) is 4.90 Å². The fourth-order valence-electron chi connectivity index (χ4n) is 12.0. The number of hydrogen-bond acceptors (Lipinski definition) is 18. The maximum Gasteiger partial charge on any atom is 0.409 e. The summed E-state index contributed by atoms with van der Waals surface area (Å²) < 4.78 is 53.1. The van der Waals surface area contributed by atoms with Gasteiger partial charge in [-0.25, -0.2) is 9.59 Å². The van der Waals surface area contributed by atoms with Crippen LogP contribution in [0.1, 0.15) is 125 Å². The second kappa shape index (κ2) is 32.9. The number of carbonyl (C=O) groups is 6. The summed E-state index contributed by atoms with van der Waals surface area (Å²) >= 11 is 0. The molecular weight excluding hydrogens is 1060 g/mol. The number of Topliss-reactive ketones (excluding diaryl/α,β-unsaturated/α-hetero) is 3. The fourth-order valence-corrected chi connectivity index (χ4v) is 12.0. The normalized spacial score (nSPS) is 36.4. The Labute approximate surface area is 486 Å². The lowest BCUT2D eigenvalue weighted by Gasteiger charge is -2.42. The topological polar surface area (TPSA) is 236 Å². The van der Waals surface area contributed by atoms with Crippen LogP contribution in [0.2, 0.25) is 0 Å². The molecule has 2 amide bonds. The zero-order valence-electron chi connectivity index (χ0n) is 50.4. The molecule has 0 aromatic carbocycles. The Balaban J connectivity index is 1.22. The van der Waals surface area contributed by atoms with Crippen molar-refractivity contribution in [2.45, 2.75) is 186 Å². The molecule has 14 atom stereocenters. The summed E-state index contributed by atoms with van der Waals surface area (Å²) in [5, 5.41) is 23.8. The first-order valence-corrected chi connectivity index (χ1v) is 30.2. The van der Waals surface area contributed by atoms with E-state index in [4.69, 9.17) is 42.6 Å². The van der Waals surface area contributed by atoms with Gasteiger partial charge in [0, 0.05) is 84.6 Å². The number of ketones is 3. The van der Waals surface area contributed by atoms with E-state index in [1.165, 1.54) is 12.0 Å². The Hall–Kier alpha value is -4.22. The molecule has 0 aromatic heterocycles. The number of morpholine rings is 1. The number of esters is 1. The summed E-state index contributed by atoms with van der Waals surface area (Å²) in [6, 6.07) is -1.18. The molecule has 6 aliphatic rings. The Bertz CT molecular complexity index is 2230. The molecule has 1 saturated carbocycles. The molecule has 462 valence electrons. The smallest absolute Gasteiger partial charge is 0.409 e. The average molecular weight is 1160 g/mol. The number of rotatable bonds is 14. The zero-order chi connectivity index (χ0) is 59.5. The van der Waals surface area contributed by atoms with E-state index in [0.29, 0.717) is 109 Å². The van der Waals surface area contributed by atoms with E-state index in [-0.39, 0.29) is 68.3 Å². The number of amides is 2. The van der Waals surface area contributed by atoms with E-state index in [9.17, 15) is 39.0 Å². The van der Waals surface area contributed by atoms with Crippen LogP contribution >= 0.6 is 0 Å². The Morgan fingerprint density at radius 2 is 1.56 bits per heavy atom. The first-order valence-electron chi connectivity index (χ1n) is 30.2. The van der Waals surface area contributed by atoms with E-state index in [1.807, 2.05) is 51.2 Å². The lowest BCUT2D eigenvalue weighted by Crippen LogP contribution is -2.60. The third kappa shape index (κ3) is 19.1. The lowest BCUT2D eigenvalue weighted by molar-refractivity contribution is -0.266. The van der Waals surface area contributed by atoms with Crippen LogP contribution in [-0.2, 0) is 66.6 Å².